The normalized spacial score (nSPS) is 9.89. The van der Waals surface area contributed by atoms with Crippen molar-refractivity contribution in [2.24, 2.45) is 0 Å². The minimum Gasteiger partial charge on any atom is -0.493 e. The topological polar surface area (TPSA) is 45.0 Å². The molecule has 0 atom stereocenters. The largest absolute Gasteiger partial charge is 0.493 e. The van der Waals surface area contributed by atoms with Crippen molar-refractivity contribution in [1.82, 2.24) is 0 Å². The summed E-state index contributed by atoms with van der Waals surface area (Å²) >= 11 is 1.89. The summed E-state index contributed by atoms with van der Waals surface area (Å²) in [6, 6.07) is 10.1. The molecule has 1 aromatic carbocycles. The van der Waals surface area contributed by atoms with Gasteiger partial charge < -0.3 is 10.1 Å². The van der Waals surface area contributed by atoms with Crippen LogP contribution in [0.3, 0.4) is 0 Å². The first kappa shape index (κ1) is 15.7. The van der Waals surface area contributed by atoms with Gasteiger partial charge in [-0.25, -0.2) is 0 Å². The van der Waals surface area contributed by atoms with Gasteiger partial charge in [-0.05, 0) is 43.4 Å². The van der Waals surface area contributed by atoms with E-state index in [2.05, 4.69) is 23.7 Å². The molecule has 0 aliphatic heterocycles. The maximum atomic E-state index is 8.45. The fraction of sp³-hybridized carbons (Fsp3) is 0.533. The number of hydrogen-bond acceptors (Lipinski definition) is 4. The van der Waals surface area contributed by atoms with Gasteiger partial charge in [0.05, 0.1) is 12.7 Å². The summed E-state index contributed by atoms with van der Waals surface area (Å²) in [6.07, 6.45) is 5.91. The van der Waals surface area contributed by atoms with Gasteiger partial charge in [-0.3, -0.25) is 0 Å². The Bertz CT molecular complexity index is 390. The third-order valence-corrected chi connectivity index (χ3v) is 3.34. The van der Waals surface area contributed by atoms with Crippen LogP contribution < -0.4 is 10.1 Å². The monoisotopic (exact) mass is 278 g/mol. The van der Waals surface area contributed by atoms with Crippen molar-refractivity contribution in [2.75, 3.05) is 30.5 Å². The Kier molecular flexibility index (Phi) is 8.74. The number of anilines is 1. The first-order chi connectivity index (χ1) is 9.36. The summed E-state index contributed by atoms with van der Waals surface area (Å²) in [5, 5.41) is 11.9. The Morgan fingerprint density at radius 1 is 1.32 bits per heavy atom. The molecule has 0 aliphatic rings. The molecule has 0 bridgehead atoms. The Morgan fingerprint density at radius 2 is 2.21 bits per heavy atom. The zero-order valence-electron chi connectivity index (χ0n) is 11.5. The second kappa shape index (κ2) is 10.6. The van der Waals surface area contributed by atoms with Crippen LogP contribution in [0, 0.1) is 11.3 Å². The number of nitrogens with one attached hydrogen (secondary N) is 1. The molecular weight excluding hydrogens is 256 g/mol. The molecule has 0 aromatic heterocycles. The number of hydrogen-bond donors (Lipinski definition) is 1. The van der Waals surface area contributed by atoms with Gasteiger partial charge >= 0.3 is 0 Å². The highest BCUT2D eigenvalue weighted by molar-refractivity contribution is 7.98. The highest BCUT2D eigenvalue weighted by atomic mass is 32.2. The van der Waals surface area contributed by atoms with E-state index in [0.717, 1.165) is 24.4 Å². The zero-order valence-corrected chi connectivity index (χ0v) is 12.3. The van der Waals surface area contributed by atoms with Crippen molar-refractivity contribution >= 4 is 17.4 Å². The van der Waals surface area contributed by atoms with Crippen molar-refractivity contribution < 1.29 is 4.74 Å². The molecule has 0 unspecified atom stereocenters. The summed E-state index contributed by atoms with van der Waals surface area (Å²) in [4.78, 5) is 0. The van der Waals surface area contributed by atoms with Crippen molar-refractivity contribution in [3.8, 4) is 11.8 Å². The Morgan fingerprint density at radius 3 is 3.00 bits per heavy atom. The fourth-order valence-corrected chi connectivity index (χ4v) is 2.13. The summed E-state index contributed by atoms with van der Waals surface area (Å²) in [6.45, 7) is 1.60. The lowest BCUT2D eigenvalue weighted by molar-refractivity contribution is 0.313. The van der Waals surface area contributed by atoms with Crippen LogP contribution in [0.25, 0.3) is 0 Å². The molecule has 0 spiro atoms. The van der Waals surface area contributed by atoms with Gasteiger partial charge in [0.15, 0.2) is 0 Å². The lowest BCUT2D eigenvalue weighted by atomic mass is 10.2. The van der Waals surface area contributed by atoms with E-state index in [1.165, 1.54) is 18.6 Å². The number of nitrogens with zero attached hydrogens (tertiary/aromatic N) is 1. The van der Waals surface area contributed by atoms with E-state index < -0.39 is 0 Å². The van der Waals surface area contributed by atoms with E-state index in [-0.39, 0.29) is 0 Å². The molecule has 0 radical (unpaired) electrons. The lowest BCUT2D eigenvalue weighted by Crippen LogP contribution is -2.02. The summed E-state index contributed by atoms with van der Waals surface area (Å²) in [5.74, 6) is 2.09. The molecule has 104 valence electrons. The molecule has 1 aromatic rings. The Hall–Kier alpha value is -1.34. The van der Waals surface area contributed by atoms with E-state index >= 15 is 0 Å². The number of unbranched alkanes of at least 4 members (excludes halogenated alkanes) is 2. The second-order valence-corrected chi connectivity index (χ2v) is 5.25. The van der Waals surface area contributed by atoms with Crippen molar-refractivity contribution in [1.29, 1.82) is 5.26 Å². The van der Waals surface area contributed by atoms with E-state index in [0.29, 0.717) is 13.0 Å². The number of thioether (sulfide) groups is 1. The Balaban J connectivity index is 2.25. The van der Waals surface area contributed by atoms with Gasteiger partial charge in [0.2, 0.25) is 0 Å². The average Bonchev–Trinajstić information content (AvgIpc) is 2.44. The van der Waals surface area contributed by atoms with Gasteiger partial charge in [-0.15, -0.1) is 0 Å². The molecule has 0 heterocycles. The average molecular weight is 278 g/mol. The third kappa shape index (κ3) is 7.63. The van der Waals surface area contributed by atoms with Crippen molar-refractivity contribution in [3.05, 3.63) is 24.3 Å². The summed E-state index contributed by atoms with van der Waals surface area (Å²) in [7, 11) is 0. The smallest absolute Gasteiger partial charge is 0.121 e. The van der Waals surface area contributed by atoms with Crippen LogP contribution >= 0.6 is 11.8 Å². The molecule has 1 rings (SSSR count). The van der Waals surface area contributed by atoms with Gasteiger partial charge in [0.25, 0.3) is 0 Å². The highest BCUT2D eigenvalue weighted by Crippen LogP contribution is 2.17. The fourth-order valence-electron chi connectivity index (χ4n) is 1.64. The molecule has 4 heteroatoms. The number of nitriles is 1. The number of ether oxygens (including phenoxy) is 1. The zero-order chi connectivity index (χ0) is 13.8. The Labute approximate surface area is 120 Å². The SMILES string of the molecule is CSCCCCNc1cccc(OCCCC#N)c1. The maximum absolute atomic E-state index is 8.45. The second-order valence-electron chi connectivity index (χ2n) is 4.26. The van der Waals surface area contributed by atoms with Crippen LogP contribution in [0.2, 0.25) is 0 Å². The van der Waals surface area contributed by atoms with Crippen LogP contribution in [0.1, 0.15) is 25.7 Å². The van der Waals surface area contributed by atoms with Gasteiger partial charge in [0.1, 0.15) is 5.75 Å². The predicted molar refractivity (Wildman–Crippen MR) is 82.9 cm³/mol. The lowest BCUT2D eigenvalue weighted by Gasteiger charge is -2.09. The van der Waals surface area contributed by atoms with Crippen molar-refractivity contribution in [2.45, 2.75) is 25.7 Å². The van der Waals surface area contributed by atoms with Gasteiger partial charge in [0, 0.05) is 24.7 Å². The molecule has 1 N–H and O–H groups in total. The van der Waals surface area contributed by atoms with Crippen molar-refractivity contribution in [3.63, 3.8) is 0 Å². The molecule has 0 aliphatic carbocycles. The minimum absolute atomic E-state index is 0.549. The van der Waals surface area contributed by atoms with Gasteiger partial charge in [-0.2, -0.15) is 17.0 Å². The molecular formula is C15H22N2OS. The first-order valence-corrected chi connectivity index (χ1v) is 8.09. The van der Waals surface area contributed by atoms with E-state index in [9.17, 15) is 0 Å². The first-order valence-electron chi connectivity index (χ1n) is 6.69. The number of benzene rings is 1. The molecule has 0 saturated heterocycles. The van der Waals surface area contributed by atoms with Crippen LogP contribution in [0.4, 0.5) is 5.69 Å². The van der Waals surface area contributed by atoms with Crippen LogP contribution in [-0.2, 0) is 0 Å². The van der Waals surface area contributed by atoms with Crippen LogP contribution in [-0.4, -0.2) is 25.2 Å². The van der Waals surface area contributed by atoms with E-state index in [1.54, 1.807) is 0 Å². The van der Waals surface area contributed by atoms with E-state index in [4.69, 9.17) is 10.00 Å². The molecule has 0 amide bonds. The number of rotatable bonds is 10. The summed E-state index contributed by atoms with van der Waals surface area (Å²) in [5.41, 5.74) is 1.10. The third-order valence-electron chi connectivity index (χ3n) is 2.64. The molecule has 0 fully saturated rings. The summed E-state index contributed by atoms with van der Waals surface area (Å²) < 4.78 is 5.60. The van der Waals surface area contributed by atoms with Crippen LogP contribution in [0.5, 0.6) is 5.75 Å². The maximum Gasteiger partial charge on any atom is 0.121 e. The predicted octanol–water partition coefficient (Wildman–Crippen LogP) is 3.92. The molecule has 3 nitrogen and oxygen atoms in total. The molecule has 19 heavy (non-hydrogen) atoms. The molecule has 0 saturated carbocycles. The quantitative estimate of drug-likeness (QED) is 0.659. The highest BCUT2D eigenvalue weighted by Gasteiger charge is 1.97. The van der Waals surface area contributed by atoms with Crippen LogP contribution in [0.15, 0.2) is 24.3 Å². The standard InChI is InChI=1S/C15H22N2OS/c1-19-12-5-3-10-17-14-7-6-8-15(13-14)18-11-4-2-9-16/h6-8,13,17H,2-5,10-12H2,1H3. The van der Waals surface area contributed by atoms with E-state index in [1.807, 2.05) is 30.0 Å². The minimum atomic E-state index is 0.549. The van der Waals surface area contributed by atoms with Gasteiger partial charge in [-0.1, -0.05) is 6.07 Å².